The van der Waals surface area contributed by atoms with Gasteiger partial charge in [-0.2, -0.15) is 0 Å². The molecule has 2 aliphatic rings. The molecule has 134 valence electrons. The monoisotopic (exact) mass is 352 g/mol. The number of aromatic carboxylic acids is 1. The van der Waals surface area contributed by atoms with Crippen molar-refractivity contribution in [2.75, 3.05) is 6.54 Å². The van der Waals surface area contributed by atoms with Crippen LogP contribution in [0.2, 0.25) is 0 Å². The average molecular weight is 352 g/mol. The summed E-state index contributed by atoms with van der Waals surface area (Å²) in [7, 11) is 0. The summed E-state index contributed by atoms with van der Waals surface area (Å²) in [4.78, 5) is 38.0. The number of hydrogen-bond acceptors (Lipinski definition) is 3. The highest BCUT2D eigenvalue weighted by Gasteiger charge is 2.41. The Morgan fingerprint density at radius 3 is 2.58 bits per heavy atom. The van der Waals surface area contributed by atoms with E-state index in [2.05, 4.69) is 0 Å². The first-order valence-electron chi connectivity index (χ1n) is 8.78. The van der Waals surface area contributed by atoms with E-state index < -0.39 is 11.5 Å². The molecular formula is C20H20N2O4. The van der Waals surface area contributed by atoms with Gasteiger partial charge in [-0.3, -0.25) is 9.59 Å². The zero-order valence-corrected chi connectivity index (χ0v) is 14.5. The number of rotatable bonds is 3. The highest BCUT2D eigenvalue weighted by Crippen LogP contribution is 2.50. The van der Waals surface area contributed by atoms with Crippen molar-refractivity contribution in [3.05, 3.63) is 69.1 Å². The minimum absolute atomic E-state index is 0.0268. The summed E-state index contributed by atoms with van der Waals surface area (Å²) in [6.07, 6.45) is 2.99. The van der Waals surface area contributed by atoms with Gasteiger partial charge in [-0.1, -0.05) is 30.3 Å². The molecule has 1 aromatic carbocycles. The Balaban J connectivity index is 1.76. The van der Waals surface area contributed by atoms with Crippen LogP contribution in [0, 0.1) is 0 Å². The number of hydrogen-bond donors (Lipinski definition) is 1. The van der Waals surface area contributed by atoms with Gasteiger partial charge in [0, 0.05) is 38.2 Å². The summed E-state index contributed by atoms with van der Waals surface area (Å²) >= 11 is 0. The van der Waals surface area contributed by atoms with Crippen LogP contribution in [0.15, 0.2) is 41.3 Å². The Hall–Kier alpha value is -2.89. The van der Waals surface area contributed by atoms with E-state index in [1.165, 1.54) is 6.92 Å². The molecule has 2 heterocycles. The normalized spacial score (nSPS) is 21.2. The topological polar surface area (TPSA) is 79.6 Å². The highest BCUT2D eigenvalue weighted by atomic mass is 16.4. The van der Waals surface area contributed by atoms with Gasteiger partial charge in [0.05, 0.1) is 0 Å². The first kappa shape index (κ1) is 16.6. The predicted octanol–water partition coefficient (Wildman–Crippen LogP) is 2.18. The number of benzene rings is 1. The molecular weight excluding hydrogens is 332 g/mol. The van der Waals surface area contributed by atoms with Crippen LogP contribution in [0.3, 0.4) is 0 Å². The quantitative estimate of drug-likeness (QED) is 0.918. The molecule has 1 N–H and O–H groups in total. The second kappa shape index (κ2) is 6.12. The van der Waals surface area contributed by atoms with Crippen molar-refractivity contribution in [1.29, 1.82) is 0 Å². The molecule has 6 nitrogen and oxygen atoms in total. The van der Waals surface area contributed by atoms with Crippen LogP contribution < -0.4 is 5.56 Å². The van der Waals surface area contributed by atoms with Crippen LogP contribution in [-0.2, 0) is 17.8 Å². The van der Waals surface area contributed by atoms with Gasteiger partial charge in [-0.05, 0) is 29.5 Å². The molecule has 1 saturated carbocycles. The first-order chi connectivity index (χ1) is 12.5. The standard InChI is InChI=1S/C20H20N2O4/c1-12(23)21-8-7-15-14(10-21)11-22(19(24)18(15)20(25)26)17-9-16(17)13-5-3-2-4-6-13/h2-6,11,16-17H,7-10H2,1H3,(H,25,26)/t16-,17+/m0/s1. The molecule has 0 saturated heterocycles. The summed E-state index contributed by atoms with van der Waals surface area (Å²) in [6.45, 7) is 2.31. The van der Waals surface area contributed by atoms with Crippen molar-refractivity contribution in [2.45, 2.75) is 38.3 Å². The molecule has 26 heavy (non-hydrogen) atoms. The maximum atomic E-state index is 12.9. The van der Waals surface area contributed by atoms with Crippen molar-refractivity contribution in [3.63, 3.8) is 0 Å². The van der Waals surface area contributed by atoms with E-state index in [1.54, 1.807) is 15.7 Å². The summed E-state index contributed by atoms with van der Waals surface area (Å²) in [5.41, 5.74) is 1.93. The van der Waals surface area contributed by atoms with E-state index in [-0.39, 0.29) is 23.4 Å². The van der Waals surface area contributed by atoms with Crippen molar-refractivity contribution >= 4 is 11.9 Å². The lowest BCUT2D eigenvalue weighted by molar-refractivity contribution is -0.129. The van der Waals surface area contributed by atoms with Crippen molar-refractivity contribution in [2.24, 2.45) is 0 Å². The zero-order valence-electron chi connectivity index (χ0n) is 14.5. The van der Waals surface area contributed by atoms with E-state index in [9.17, 15) is 19.5 Å². The molecule has 1 fully saturated rings. The van der Waals surface area contributed by atoms with Gasteiger partial charge in [0.2, 0.25) is 5.91 Å². The molecule has 4 rings (SSSR count). The van der Waals surface area contributed by atoms with Crippen molar-refractivity contribution < 1.29 is 14.7 Å². The Bertz CT molecular complexity index is 948. The van der Waals surface area contributed by atoms with Gasteiger partial charge in [0.25, 0.3) is 5.56 Å². The Morgan fingerprint density at radius 2 is 1.92 bits per heavy atom. The number of carboxylic acid groups (broad SMARTS) is 1. The summed E-state index contributed by atoms with van der Waals surface area (Å²) in [5.74, 6) is -1.01. The molecule has 1 amide bonds. The minimum atomic E-state index is -1.19. The second-order valence-electron chi connectivity index (χ2n) is 7.04. The van der Waals surface area contributed by atoms with E-state index >= 15 is 0 Å². The fourth-order valence-electron chi connectivity index (χ4n) is 3.96. The SMILES string of the molecule is CC(=O)N1CCc2c(cn([C@@H]3C[C@H]3c3ccccc3)c(=O)c2C(=O)O)C1. The van der Waals surface area contributed by atoms with Gasteiger partial charge < -0.3 is 14.6 Å². The largest absolute Gasteiger partial charge is 0.477 e. The predicted molar refractivity (Wildman–Crippen MR) is 95.3 cm³/mol. The number of pyridine rings is 1. The summed E-state index contributed by atoms with van der Waals surface area (Å²) < 4.78 is 1.57. The van der Waals surface area contributed by atoms with E-state index in [1.807, 2.05) is 30.3 Å². The Kier molecular flexibility index (Phi) is 3.90. The van der Waals surface area contributed by atoms with Crippen LogP contribution >= 0.6 is 0 Å². The fraction of sp³-hybridized carbons (Fsp3) is 0.350. The van der Waals surface area contributed by atoms with Crippen LogP contribution in [0.4, 0.5) is 0 Å². The third kappa shape index (κ3) is 2.71. The van der Waals surface area contributed by atoms with Gasteiger partial charge in [-0.25, -0.2) is 4.79 Å². The van der Waals surface area contributed by atoms with Gasteiger partial charge in [0.1, 0.15) is 5.56 Å². The van der Waals surface area contributed by atoms with Crippen molar-refractivity contribution in [3.8, 4) is 0 Å². The fourth-order valence-corrected chi connectivity index (χ4v) is 3.96. The molecule has 0 spiro atoms. The Morgan fingerprint density at radius 1 is 1.19 bits per heavy atom. The molecule has 6 heteroatoms. The molecule has 0 unspecified atom stereocenters. The molecule has 2 atom stereocenters. The maximum absolute atomic E-state index is 12.9. The molecule has 1 aliphatic carbocycles. The third-order valence-corrected chi connectivity index (χ3v) is 5.43. The number of aromatic nitrogens is 1. The number of carbonyl (C=O) groups is 2. The van der Waals surface area contributed by atoms with Gasteiger partial charge in [-0.15, -0.1) is 0 Å². The van der Waals surface area contributed by atoms with Gasteiger partial charge >= 0.3 is 5.97 Å². The van der Waals surface area contributed by atoms with Crippen LogP contribution in [0.1, 0.15) is 52.4 Å². The molecule has 1 aromatic heterocycles. The molecule has 2 aromatic rings. The lowest BCUT2D eigenvalue weighted by atomic mass is 9.96. The lowest BCUT2D eigenvalue weighted by Gasteiger charge is -2.29. The van der Waals surface area contributed by atoms with E-state index in [0.29, 0.717) is 25.1 Å². The molecule has 1 aliphatic heterocycles. The van der Waals surface area contributed by atoms with Gasteiger partial charge in [0.15, 0.2) is 0 Å². The summed E-state index contributed by atoms with van der Waals surface area (Å²) in [5, 5.41) is 9.61. The highest BCUT2D eigenvalue weighted by molar-refractivity contribution is 5.89. The van der Waals surface area contributed by atoms with Crippen LogP contribution in [-0.4, -0.2) is 33.0 Å². The lowest BCUT2D eigenvalue weighted by Crippen LogP contribution is -2.38. The maximum Gasteiger partial charge on any atom is 0.341 e. The smallest absolute Gasteiger partial charge is 0.341 e. The van der Waals surface area contributed by atoms with Crippen LogP contribution in [0.5, 0.6) is 0 Å². The number of carboxylic acids is 1. The summed E-state index contributed by atoms with van der Waals surface area (Å²) in [6, 6.07) is 9.92. The van der Waals surface area contributed by atoms with Crippen molar-refractivity contribution in [1.82, 2.24) is 9.47 Å². The van der Waals surface area contributed by atoms with E-state index in [4.69, 9.17) is 0 Å². The Labute approximate surface area is 150 Å². The third-order valence-electron chi connectivity index (χ3n) is 5.43. The number of fused-ring (bicyclic) bond motifs is 1. The van der Waals surface area contributed by atoms with E-state index in [0.717, 1.165) is 17.5 Å². The minimum Gasteiger partial charge on any atom is -0.477 e. The number of amides is 1. The number of nitrogens with zero attached hydrogens (tertiary/aromatic N) is 2. The zero-order chi connectivity index (χ0) is 18.4. The molecule has 0 radical (unpaired) electrons. The second-order valence-corrected chi connectivity index (χ2v) is 7.04. The number of carbonyl (C=O) groups excluding carboxylic acids is 1. The average Bonchev–Trinajstić information content (AvgIpc) is 3.41. The first-order valence-corrected chi connectivity index (χ1v) is 8.78. The molecule has 0 bridgehead atoms. The van der Waals surface area contributed by atoms with Crippen LogP contribution in [0.25, 0.3) is 0 Å².